The lowest BCUT2D eigenvalue weighted by molar-refractivity contribution is -0.140. The van der Waals surface area contributed by atoms with E-state index in [1.54, 1.807) is 12.1 Å². The molecule has 0 radical (unpaired) electrons. The van der Waals surface area contributed by atoms with Crippen molar-refractivity contribution in [1.29, 1.82) is 0 Å². The van der Waals surface area contributed by atoms with E-state index in [2.05, 4.69) is 19.9 Å². The Bertz CT molecular complexity index is 1020. The summed E-state index contributed by atoms with van der Waals surface area (Å²) in [4.78, 5) is 28.0. The molecule has 0 unspecified atom stereocenters. The van der Waals surface area contributed by atoms with Crippen LogP contribution >= 0.6 is 0 Å². The van der Waals surface area contributed by atoms with Crippen molar-refractivity contribution in [1.82, 2.24) is 4.90 Å². The van der Waals surface area contributed by atoms with Crippen molar-refractivity contribution in [3.63, 3.8) is 0 Å². The number of amides is 2. The normalized spacial score (nSPS) is 26.5. The molecule has 2 N–H and O–H groups in total. The van der Waals surface area contributed by atoms with Gasteiger partial charge in [0.05, 0.1) is 17.9 Å². The van der Waals surface area contributed by atoms with Gasteiger partial charge in [-0.1, -0.05) is 63.0 Å². The molecule has 0 saturated carbocycles. The number of carbonyl (C=O) groups is 2. The van der Waals surface area contributed by atoms with Gasteiger partial charge in [0.2, 0.25) is 11.8 Å². The first-order chi connectivity index (χ1) is 17.4. The molecule has 36 heavy (non-hydrogen) atoms. The van der Waals surface area contributed by atoms with Crippen LogP contribution in [0.3, 0.4) is 0 Å². The van der Waals surface area contributed by atoms with Crippen molar-refractivity contribution < 1.29 is 24.4 Å². The second-order valence-corrected chi connectivity index (χ2v) is 10.6. The van der Waals surface area contributed by atoms with E-state index in [1.807, 2.05) is 19.1 Å². The number of carbonyl (C=O) groups excluding carboxylic acids is 2. The minimum absolute atomic E-state index is 0.0286. The predicted octanol–water partition coefficient (Wildman–Crippen LogP) is 5.36. The summed E-state index contributed by atoms with van der Waals surface area (Å²) in [6.07, 6.45) is 9.12. The van der Waals surface area contributed by atoms with Gasteiger partial charge in [-0.25, -0.2) is 0 Å². The first kappa shape index (κ1) is 26.7. The number of nitrogens with zero attached hydrogens (tertiary/aromatic N) is 1. The van der Waals surface area contributed by atoms with Crippen molar-refractivity contribution in [2.24, 2.45) is 17.8 Å². The number of phenolic OH excluding ortho intramolecular Hbond substituents is 1. The number of rotatable bonds is 10. The van der Waals surface area contributed by atoms with E-state index in [4.69, 9.17) is 4.65 Å². The number of hydrogen-bond acceptors (Lipinski definition) is 5. The van der Waals surface area contributed by atoms with Gasteiger partial charge in [-0.2, -0.15) is 0 Å². The highest BCUT2D eigenvalue weighted by Gasteiger charge is 2.56. The third kappa shape index (κ3) is 5.47. The van der Waals surface area contributed by atoms with Gasteiger partial charge in [0.1, 0.15) is 5.75 Å². The Morgan fingerprint density at radius 3 is 2.47 bits per heavy atom. The van der Waals surface area contributed by atoms with Crippen LogP contribution in [0.5, 0.6) is 5.75 Å². The molecule has 2 saturated heterocycles. The van der Waals surface area contributed by atoms with E-state index in [-0.39, 0.29) is 41.4 Å². The third-order valence-electron chi connectivity index (χ3n) is 7.96. The Balaban J connectivity index is 1.61. The van der Waals surface area contributed by atoms with Crippen LogP contribution in [0, 0.1) is 17.8 Å². The van der Waals surface area contributed by atoms with Crippen LogP contribution in [0.2, 0.25) is 6.32 Å². The molecule has 2 aliphatic heterocycles. The smallest absolute Gasteiger partial charge is 0.455 e. The molecule has 4 rings (SSSR count). The van der Waals surface area contributed by atoms with E-state index < -0.39 is 7.12 Å². The molecular formula is C29H40BNO5. The number of benzene rings is 1. The molecule has 3 aliphatic rings. The van der Waals surface area contributed by atoms with Gasteiger partial charge >= 0.3 is 7.12 Å². The topological polar surface area (TPSA) is 87.1 Å². The molecule has 6 nitrogen and oxygen atoms in total. The molecule has 2 heterocycles. The lowest BCUT2D eigenvalue weighted by Crippen LogP contribution is -2.46. The van der Waals surface area contributed by atoms with Crippen LogP contribution in [-0.4, -0.2) is 46.6 Å². The highest BCUT2D eigenvalue weighted by molar-refractivity contribution is 6.43. The number of imide groups is 1. The summed E-state index contributed by atoms with van der Waals surface area (Å²) in [5.74, 6) is -0.634. The molecule has 0 spiro atoms. The van der Waals surface area contributed by atoms with E-state index in [0.717, 1.165) is 50.5 Å². The van der Waals surface area contributed by atoms with Crippen LogP contribution < -0.4 is 0 Å². The fourth-order valence-corrected chi connectivity index (χ4v) is 6.52. The summed E-state index contributed by atoms with van der Waals surface area (Å²) in [6.45, 7) is 6.77. The molecule has 1 aromatic rings. The number of hydrogen-bond donors (Lipinski definition) is 2. The zero-order valence-corrected chi connectivity index (χ0v) is 21.9. The van der Waals surface area contributed by atoms with Gasteiger partial charge in [-0.15, -0.1) is 0 Å². The second-order valence-electron chi connectivity index (χ2n) is 10.6. The van der Waals surface area contributed by atoms with Crippen molar-refractivity contribution in [2.75, 3.05) is 6.54 Å². The number of allylic oxidation sites excluding steroid dienone is 2. The molecular weight excluding hydrogens is 453 g/mol. The summed E-state index contributed by atoms with van der Waals surface area (Å²) in [5, 5.41) is 20.3. The zero-order chi connectivity index (χ0) is 25.8. The van der Waals surface area contributed by atoms with Crippen molar-refractivity contribution in [3.05, 3.63) is 46.5 Å². The first-order valence-corrected chi connectivity index (χ1v) is 13.8. The molecule has 2 fully saturated rings. The second kappa shape index (κ2) is 11.8. The third-order valence-corrected chi connectivity index (χ3v) is 7.96. The maximum atomic E-state index is 13.4. The minimum atomic E-state index is -0.927. The van der Waals surface area contributed by atoms with Crippen molar-refractivity contribution in [2.45, 2.75) is 84.6 Å². The molecule has 4 atom stereocenters. The lowest BCUT2D eigenvalue weighted by atomic mass is 9.58. The molecule has 194 valence electrons. The summed E-state index contributed by atoms with van der Waals surface area (Å²) >= 11 is 0. The van der Waals surface area contributed by atoms with Crippen molar-refractivity contribution >= 4 is 25.0 Å². The van der Waals surface area contributed by atoms with Crippen LogP contribution in [-0.2, 0) is 14.2 Å². The number of likely N-dealkylation sites (tertiary alicyclic amines) is 1. The van der Waals surface area contributed by atoms with Gasteiger partial charge in [0, 0.05) is 6.54 Å². The van der Waals surface area contributed by atoms with Crippen LogP contribution in [0.1, 0.15) is 77.7 Å². The Labute approximate surface area is 215 Å². The average molecular weight is 493 g/mol. The summed E-state index contributed by atoms with van der Waals surface area (Å²) < 4.78 is 6.14. The Morgan fingerprint density at radius 1 is 1.06 bits per heavy atom. The quantitative estimate of drug-likeness (QED) is 0.260. The zero-order valence-electron chi connectivity index (χ0n) is 21.9. The highest BCUT2D eigenvalue weighted by atomic mass is 16.5. The van der Waals surface area contributed by atoms with Crippen LogP contribution in [0.15, 0.2) is 41.0 Å². The molecule has 0 bridgehead atoms. The molecule has 2 amide bonds. The van der Waals surface area contributed by atoms with Crippen molar-refractivity contribution in [3.8, 4) is 5.75 Å². The van der Waals surface area contributed by atoms with E-state index in [0.29, 0.717) is 19.3 Å². The monoisotopic (exact) mass is 493 g/mol. The summed E-state index contributed by atoms with van der Waals surface area (Å²) in [5.41, 5.74) is 4.80. The van der Waals surface area contributed by atoms with Gasteiger partial charge in [0.15, 0.2) is 0 Å². The fraction of sp³-hybridized carbons (Fsp3) is 0.586. The maximum Gasteiger partial charge on any atom is 0.455 e. The summed E-state index contributed by atoms with van der Waals surface area (Å²) in [7, 11) is -0.927. The van der Waals surface area contributed by atoms with E-state index >= 15 is 0 Å². The lowest BCUT2D eigenvalue weighted by Gasteiger charge is -2.43. The molecule has 1 aliphatic carbocycles. The fourth-order valence-electron chi connectivity index (χ4n) is 6.52. The van der Waals surface area contributed by atoms with Gasteiger partial charge in [0.25, 0.3) is 0 Å². The Hall–Kier alpha value is -2.38. The van der Waals surface area contributed by atoms with Gasteiger partial charge in [-0.05, 0) is 74.0 Å². The van der Waals surface area contributed by atoms with Crippen LogP contribution in [0.25, 0.3) is 6.08 Å². The molecule has 1 aromatic carbocycles. The average Bonchev–Trinajstić information content (AvgIpc) is 3.09. The number of phenols is 1. The standard InChI is InChI=1S/C29H40BNO5/c1-4-7-19(16-20-9-12-22(32)13-10-20)11-14-25-26-21(8-5-2)17-23-27(24(26)18-30(35)36-25)29(34)31(15-6-3)28(23)33/h9-10,12-13,16,23-25,27,32,35H,4-8,11,14-15,17-18H2,1-3H3/b19-16+/t23-,24+,25-,27-/m1/s1. The predicted molar refractivity (Wildman–Crippen MR) is 142 cm³/mol. The highest BCUT2D eigenvalue weighted by Crippen LogP contribution is 2.51. The number of aromatic hydroxyl groups is 1. The molecule has 0 aromatic heterocycles. The maximum absolute atomic E-state index is 13.4. The SMILES string of the molecule is CCCC1=C2[C@@H](CC/C(=C/c3ccc(O)cc3)CCC)OB(O)C[C@@H]2[C@@H]2C(=O)N(CCC)C(=O)[C@@H]2C1. The van der Waals surface area contributed by atoms with Gasteiger partial charge < -0.3 is 14.8 Å². The molecule has 7 heteroatoms. The number of fused-ring (bicyclic) bond motifs is 3. The summed E-state index contributed by atoms with van der Waals surface area (Å²) in [6, 6.07) is 7.22. The Morgan fingerprint density at radius 2 is 1.81 bits per heavy atom. The van der Waals surface area contributed by atoms with Crippen LogP contribution in [0.4, 0.5) is 0 Å². The minimum Gasteiger partial charge on any atom is -0.508 e. The Kier molecular flexibility index (Phi) is 8.73. The van der Waals surface area contributed by atoms with E-state index in [1.165, 1.54) is 21.6 Å². The van der Waals surface area contributed by atoms with Gasteiger partial charge in [-0.3, -0.25) is 14.5 Å². The first-order valence-electron chi connectivity index (χ1n) is 13.8. The largest absolute Gasteiger partial charge is 0.508 e. The van der Waals surface area contributed by atoms with E-state index in [9.17, 15) is 19.7 Å².